The molecule has 0 saturated heterocycles. The van der Waals surface area contributed by atoms with Crippen molar-refractivity contribution in [1.82, 2.24) is 10.6 Å². The Bertz CT molecular complexity index is 637. The van der Waals surface area contributed by atoms with E-state index in [0.717, 1.165) is 32.1 Å². The van der Waals surface area contributed by atoms with Gasteiger partial charge in [0.25, 0.3) is 0 Å². The van der Waals surface area contributed by atoms with Crippen LogP contribution in [0.25, 0.3) is 0 Å². The zero-order chi connectivity index (χ0) is 32.2. The Labute approximate surface area is 275 Å². The molecule has 0 rings (SSSR count). The lowest BCUT2D eigenvalue weighted by molar-refractivity contribution is -0.129. The maximum atomic E-state index is 12.8. The highest BCUT2D eigenvalue weighted by Crippen LogP contribution is 2.13. The minimum atomic E-state index is -0.458. The highest BCUT2D eigenvalue weighted by Gasteiger charge is 2.19. The van der Waals surface area contributed by atoms with Crippen LogP contribution in [-0.2, 0) is 9.59 Å². The van der Waals surface area contributed by atoms with Gasteiger partial charge in [0, 0.05) is 13.0 Å². The second-order valence-electron chi connectivity index (χ2n) is 13.3. The van der Waals surface area contributed by atoms with Crippen molar-refractivity contribution in [1.29, 1.82) is 0 Å². The topological polar surface area (TPSA) is 84.2 Å². The van der Waals surface area contributed by atoms with E-state index in [1.807, 2.05) is 0 Å². The first kappa shape index (κ1) is 42.6. The molecule has 1 unspecified atom stereocenters. The van der Waals surface area contributed by atoms with Crippen LogP contribution >= 0.6 is 0 Å². The van der Waals surface area contributed by atoms with Crippen LogP contribution in [0.2, 0.25) is 0 Å². The smallest absolute Gasteiger partial charge is 0.242 e. The summed E-state index contributed by atoms with van der Waals surface area (Å²) in [6.45, 7) is 5.77. The van der Waals surface area contributed by atoms with Gasteiger partial charge in [0.05, 0.1) is 0 Å². The van der Waals surface area contributed by atoms with Gasteiger partial charge < -0.3 is 16.4 Å². The van der Waals surface area contributed by atoms with Gasteiger partial charge >= 0.3 is 0 Å². The van der Waals surface area contributed by atoms with Crippen LogP contribution in [0.4, 0.5) is 0 Å². The summed E-state index contributed by atoms with van der Waals surface area (Å²) in [6.07, 6.45) is 41.4. The maximum Gasteiger partial charge on any atom is 0.242 e. The average Bonchev–Trinajstić information content (AvgIpc) is 3.02. The first-order chi connectivity index (χ1) is 21.7. The zero-order valence-corrected chi connectivity index (χ0v) is 29.8. The van der Waals surface area contributed by atoms with Crippen LogP contribution in [0, 0.1) is 0 Å². The van der Waals surface area contributed by atoms with E-state index in [0.29, 0.717) is 25.9 Å². The highest BCUT2D eigenvalue weighted by molar-refractivity contribution is 5.87. The van der Waals surface area contributed by atoms with Crippen molar-refractivity contribution < 1.29 is 9.59 Å². The number of nitrogens with one attached hydrogen (secondary N) is 2. The lowest BCUT2D eigenvalue weighted by Crippen LogP contribution is -2.47. The number of rotatable bonds is 35. The predicted octanol–water partition coefficient (Wildman–Crippen LogP) is 10.8. The Morgan fingerprint density at radius 1 is 0.545 bits per heavy atom. The second-order valence-corrected chi connectivity index (χ2v) is 13.3. The van der Waals surface area contributed by atoms with E-state index in [1.165, 1.54) is 148 Å². The number of unbranched alkanes of at least 4 members (excludes halogenated alkanes) is 24. The highest BCUT2D eigenvalue weighted by atomic mass is 16.2. The van der Waals surface area contributed by atoms with E-state index in [-0.39, 0.29) is 11.8 Å². The molecule has 0 radical (unpaired) electrons. The molecule has 0 fully saturated rings. The molecule has 4 N–H and O–H groups in total. The summed E-state index contributed by atoms with van der Waals surface area (Å²) in [5.74, 6) is -0.0534. The Hall–Kier alpha value is -1.36. The molecule has 5 nitrogen and oxygen atoms in total. The van der Waals surface area contributed by atoms with Crippen LogP contribution in [0.5, 0.6) is 0 Å². The zero-order valence-electron chi connectivity index (χ0n) is 29.8. The van der Waals surface area contributed by atoms with E-state index in [9.17, 15) is 9.59 Å². The Kier molecular flexibility index (Phi) is 35.0. The summed E-state index contributed by atoms with van der Waals surface area (Å²) >= 11 is 0. The molecular formula is C39H77N3O2. The molecule has 2 amide bonds. The molecule has 0 aromatic heterocycles. The summed E-state index contributed by atoms with van der Waals surface area (Å²) in [5.41, 5.74) is 5.69. The fourth-order valence-corrected chi connectivity index (χ4v) is 5.87. The first-order valence-electron chi connectivity index (χ1n) is 19.6. The molecule has 0 aliphatic heterocycles. The minimum Gasteiger partial charge on any atom is -0.354 e. The molecule has 1 atom stereocenters. The van der Waals surface area contributed by atoms with Gasteiger partial charge in [-0.15, -0.1) is 0 Å². The van der Waals surface area contributed by atoms with Crippen molar-refractivity contribution in [2.45, 2.75) is 213 Å². The van der Waals surface area contributed by atoms with Gasteiger partial charge in [0.15, 0.2) is 0 Å². The average molecular weight is 620 g/mol. The monoisotopic (exact) mass is 620 g/mol. The van der Waals surface area contributed by atoms with Gasteiger partial charge in [-0.3, -0.25) is 9.59 Å². The lowest BCUT2D eigenvalue weighted by Gasteiger charge is -2.18. The van der Waals surface area contributed by atoms with Crippen molar-refractivity contribution >= 4 is 11.8 Å². The Morgan fingerprint density at radius 2 is 0.955 bits per heavy atom. The molecule has 0 aromatic rings. The molecule has 0 spiro atoms. The van der Waals surface area contributed by atoms with Crippen LogP contribution in [-0.4, -0.2) is 30.9 Å². The fraction of sp³-hybridized carbons (Fsp3) is 0.897. The van der Waals surface area contributed by atoms with Crippen LogP contribution in [0.1, 0.15) is 206 Å². The molecule has 44 heavy (non-hydrogen) atoms. The Morgan fingerprint density at radius 3 is 1.41 bits per heavy atom. The van der Waals surface area contributed by atoms with E-state index in [1.54, 1.807) is 0 Å². The summed E-state index contributed by atoms with van der Waals surface area (Å²) in [4.78, 5) is 25.3. The third kappa shape index (κ3) is 32.0. The SMILES string of the molecule is CCCCCCCC/C=C\CCCCCCCC(=O)NC(CCCN)C(=O)NCCCCCCCCCCCCCCCC. The van der Waals surface area contributed by atoms with Gasteiger partial charge in [0.1, 0.15) is 6.04 Å². The van der Waals surface area contributed by atoms with Crippen LogP contribution in [0.3, 0.4) is 0 Å². The normalized spacial score (nSPS) is 12.2. The number of hydrogen-bond acceptors (Lipinski definition) is 3. The van der Waals surface area contributed by atoms with E-state index < -0.39 is 6.04 Å². The van der Waals surface area contributed by atoms with Crippen molar-refractivity contribution in [2.75, 3.05) is 13.1 Å². The summed E-state index contributed by atoms with van der Waals surface area (Å²) in [6, 6.07) is -0.458. The molecule has 0 aliphatic carbocycles. The third-order valence-electron chi connectivity index (χ3n) is 8.84. The Balaban J connectivity index is 3.76. The number of carbonyl (C=O) groups excluding carboxylic acids is 2. The predicted molar refractivity (Wildman–Crippen MR) is 193 cm³/mol. The van der Waals surface area contributed by atoms with Gasteiger partial charge in [-0.25, -0.2) is 0 Å². The quantitative estimate of drug-likeness (QED) is 0.0487. The minimum absolute atomic E-state index is 0.00343. The lowest BCUT2D eigenvalue weighted by atomic mass is 10.0. The standard InChI is InChI=1S/C39H77N3O2/c1-3-5-7-9-11-13-15-17-19-20-22-24-26-28-30-34-38(43)42-37(33-32-35-40)39(44)41-36-31-29-27-25-23-21-18-16-14-12-10-8-6-4-2/h17,19,37H,3-16,18,20-36,40H2,1-2H3,(H,41,44)(H,42,43)/b19-17-. The molecule has 0 heterocycles. The van der Waals surface area contributed by atoms with Gasteiger partial charge in [0.2, 0.25) is 11.8 Å². The summed E-state index contributed by atoms with van der Waals surface area (Å²) < 4.78 is 0. The molecule has 0 aliphatic rings. The van der Waals surface area contributed by atoms with Crippen LogP contribution in [0.15, 0.2) is 12.2 Å². The number of allylic oxidation sites excluding steroid dienone is 2. The van der Waals surface area contributed by atoms with Crippen molar-refractivity contribution in [3.05, 3.63) is 12.2 Å². The number of hydrogen-bond donors (Lipinski definition) is 3. The largest absolute Gasteiger partial charge is 0.354 e. The molecule has 260 valence electrons. The number of amides is 2. The van der Waals surface area contributed by atoms with E-state index in [4.69, 9.17) is 5.73 Å². The molecule has 0 saturated carbocycles. The van der Waals surface area contributed by atoms with Crippen molar-refractivity contribution in [3.63, 3.8) is 0 Å². The van der Waals surface area contributed by atoms with E-state index >= 15 is 0 Å². The molecule has 0 bridgehead atoms. The van der Waals surface area contributed by atoms with E-state index in [2.05, 4.69) is 36.6 Å². The summed E-state index contributed by atoms with van der Waals surface area (Å²) in [5, 5.41) is 6.05. The molecule has 5 heteroatoms. The second kappa shape index (κ2) is 36.1. The molecule has 0 aromatic carbocycles. The fourth-order valence-electron chi connectivity index (χ4n) is 5.87. The number of carbonyl (C=O) groups is 2. The third-order valence-corrected chi connectivity index (χ3v) is 8.84. The maximum absolute atomic E-state index is 12.8. The number of nitrogens with two attached hydrogens (primary N) is 1. The van der Waals surface area contributed by atoms with Gasteiger partial charge in [-0.1, -0.05) is 161 Å². The summed E-state index contributed by atoms with van der Waals surface area (Å²) in [7, 11) is 0. The first-order valence-corrected chi connectivity index (χ1v) is 19.6. The van der Waals surface area contributed by atoms with Crippen molar-refractivity contribution in [2.24, 2.45) is 5.73 Å². The van der Waals surface area contributed by atoms with Gasteiger partial charge in [-0.2, -0.15) is 0 Å². The molecular weight excluding hydrogens is 542 g/mol. The van der Waals surface area contributed by atoms with Crippen molar-refractivity contribution in [3.8, 4) is 0 Å². The van der Waals surface area contributed by atoms with Gasteiger partial charge in [-0.05, 0) is 57.9 Å². The van der Waals surface area contributed by atoms with Crippen LogP contribution < -0.4 is 16.4 Å².